The summed E-state index contributed by atoms with van der Waals surface area (Å²) < 4.78 is 13.3. The predicted octanol–water partition coefficient (Wildman–Crippen LogP) is 6.28. The molecular weight excluding hydrogens is 450 g/mol. The van der Waals surface area contributed by atoms with Crippen LogP contribution in [0.4, 0.5) is 0 Å². The van der Waals surface area contributed by atoms with E-state index in [0.29, 0.717) is 23.9 Å². The lowest BCUT2D eigenvalue weighted by atomic mass is 10.2. The molecule has 0 aliphatic carbocycles. The van der Waals surface area contributed by atoms with Gasteiger partial charge in [0, 0.05) is 24.5 Å². The molecule has 178 valence electrons. The number of aromatic nitrogens is 2. The van der Waals surface area contributed by atoms with Crippen molar-refractivity contribution in [3.05, 3.63) is 83.5 Å². The maximum atomic E-state index is 11.9. The summed E-state index contributed by atoms with van der Waals surface area (Å²) in [6.45, 7) is 2.23. The van der Waals surface area contributed by atoms with Crippen LogP contribution in [0.5, 0.6) is 5.75 Å². The number of aryl methyl sites for hydroxylation is 2. The number of benzene rings is 2. The molecule has 0 atom stereocenters. The van der Waals surface area contributed by atoms with Crippen LogP contribution in [0.2, 0.25) is 5.02 Å². The third-order valence-electron chi connectivity index (χ3n) is 5.70. The standard InChI is InChI=1S/C27H30ClN3O3/c28-21-13-15-22(16-14-21)33-19-7-6-18-31-24-10-4-3-9-23(24)30-26(31)12-2-1-5-17-29-27(32)25-11-8-20-34-25/h3-4,8-11,13-16,20H,1-2,5-7,12,17-19H2,(H,29,32). The van der Waals surface area contributed by atoms with Gasteiger partial charge in [-0.2, -0.15) is 0 Å². The van der Waals surface area contributed by atoms with Gasteiger partial charge in [-0.3, -0.25) is 4.79 Å². The summed E-state index contributed by atoms with van der Waals surface area (Å²) in [5.41, 5.74) is 2.22. The van der Waals surface area contributed by atoms with Gasteiger partial charge >= 0.3 is 0 Å². The number of amides is 1. The second-order valence-corrected chi connectivity index (χ2v) is 8.66. The molecule has 0 saturated heterocycles. The third-order valence-corrected chi connectivity index (χ3v) is 5.95. The number of hydrogen-bond acceptors (Lipinski definition) is 4. The Morgan fingerprint density at radius 2 is 1.82 bits per heavy atom. The highest BCUT2D eigenvalue weighted by atomic mass is 35.5. The molecule has 34 heavy (non-hydrogen) atoms. The minimum absolute atomic E-state index is 0.160. The summed E-state index contributed by atoms with van der Waals surface area (Å²) >= 11 is 5.92. The largest absolute Gasteiger partial charge is 0.494 e. The van der Waals surface area contributed by atoms with Gasteiger partial charge in [0.15, 0.2) is 5.76 Å². The van der Waals surface area contributed by atoms with Gasteiger partial charge in [-0.15, -0.1) is 0 Å². The molecule has 4 rings (SSSR count). The first-order chi connectivity index (χ1) is 16.7. The van der Waals surface area contributed by atoms with Crippen LogP contribution in [0.3, 0.4) is 0 Å². The number of nitrogens with zero attached hydrogens (tertiary/aromatic N) is 2. The fraction of sp³-hybridized carbons (Fsp3) is 0.333. The fourth-order valence-corrected chi connectivity index (χ4v) is 4.07. The molecule has 0 bridgehead atoms. The average Bonchev–Trinajstić information content (AvgIpc) is 3.51. The molecule has 1 amide bonds. The first-order valence-corrected chi connectivity index (χ1v) is 12.2. The lowest BCUT2D eigenvalue weighted by molar-refractivity contribution is 0.0925. The molecular formula is C27H30ClN3O3. The lowest BCUT2D eigenvalue weighted by Gasteiger charge is -2.10. The van der Waals surface area contributed by atoms with E-state index in [9.17, 15) is 4.79 Å². The van der Waals surface area contributed by atoms with Crippen molar-refractivity contribution in [3.8, 4) is 5.75 Å². The number of rotatable bonds is 13. The molecule has 1 N–H and O–H groups in total. The van der Waals surface area contributed by atoms with E-state index in [1.54, 1.807) is 12.1 Å². The van der Waals surface area contributed by atoms with Crippen molar-refractivity contribution >= 4 is 28.5 Å². The number of carbonyl (C=O) groups is 1. The van der Waals surface area contributed by atoms with Gasteiger partial charge < -0.3 is 19.0 Å². The zero-order valence-corrected chi connectivity index (χ0v) is 20.0. The Labute approximate surface area is 204 Å². The first-order valence-electron chi connectivity index (χ1n) is 11.8. The molecule has 4 aromatic rings. The van der Waals surface area contributed by atoms with Gasteiger partial charge in [-0.1, -0.05) is 30.2 Å². The van der Waals surface area contributed by atoms with E-state index in [-0.39, 0.29) is 5.91 Å². The van der Waals surface area contributed by atoms with Gasteiger partial charge in [0.2, 0.25) is 0 Å². The van der Waals surface area contributed by atoms with Gasteiger partial charge in [-0.05, 0) is 74.2 Å². The van der Waals surface area contributed by atoms with Crippen LogP contribution in [0.15, 0.2) is 71.3 Å². The van der Waals surface area contributed by atoms with Gasteiger partial charge in [0.05, 0.1) is 23.9 Å². The highest BCUT2D eigenvalue weighted by molar-refractivity contribution is 6.30. The summed E-state index contributed by atoms with van der Waals surface area (Å²) in [5, 5.41) is 3.61. The zero-order chi connectivity index (χ0) is 23.6. The van der Waals surface area contributed by atoms with E-state index in [1.165, 1.54) is 11.8 Å². The third kappa shape index (κ3) is 6.64. The van der Waals surface area contributed by atoms with Crippen LogP contribution in [-0.2, 0) is 13.0 Å². The average molecular weight is 480 g/mol. The Bertz CT molecular complexity index is 1170. The Morgan fingerprint density at radius 3 is 2.65 bits per heavy atom. The Kier molecular flexibility index (Phi) is 8.63. The van der Waals surface area contributed by atoms with Crippen molar-refractivity contribution in [2.24, 2.45) is 0 Å². The van der Waals surface area contributed by atoms with Crippen molar-refractivity contribution < 1.29 is 13.9 Å². The molecule has 2 heterocycles. The quantitative estimate of drug-likeness (QED) is 0.229. The van der Waals surface area contributed by atoms with E-state index in [4.69, 9.17) is 25.7 Å². The van der Waals surface area contributed by atoms with Gasteiger partial charge in [0.1, 0.15) is 11.6 Å². The topological polar surface area (TPSA) is 69.3 Å². The molecule has 2 aromatic carbocycles. The molecule has 0 saturated carbocycles. The Hall–Kier alpha value is -3.25. The smallest absolute Gasteiger partial charge is 0.286 e. The van der Waals surface area contributed by atoms with Crippen molar-refractivity contribution in [3.63, 3.8) is 0 Å². The first kappa shape index (κ1) is 23.9. The number of halogens is 1. The zero-order valence-electron chi connectivity index (χ0n) is 19.2. The molecule has 0 radical (unpaired) electrons. The number of ether oxygens (including phenoxy) is 1. The molecule has 0 aliphatic heterocycles. The Morgan fingerprint density at radius 1 is 0.971 bits per heavy atom. The maximum absolute atomic E-state index is 11.9. The summed E-state index contributed by atoms with van der Waals surface area (Å²) in [5.74, 6) is 2.16. The molecule has 0 aliphatic rings. The number of hydrogen-bond donors (Lipinski definition) is 1. The van der Waals surface area contributed by atoms with Crippen LogP contribution >= 0.6 is 11.6 Å². The lowest BCUT2D eigenvalue weighted by Crippen LogP contribution is -2.23. The monoisotopic (exact) mass is 479 g/mol. The Balaban J connectivity index is 1.22. The molecule has 0 unspecified atom stereocenters. The van der Waals surface area contributed by atoms with Crippen molar-refractivity contribution in [2.45, 2.75) is 45.1 Å². The van der Waals surface area contributed by atoms with E-state index >= 15 is 0 Å². The number of furan rings is 1. The molecule has 6 nitrogen and oxygen atoms in total. The van der Waals surface area contributed by atoms with E-state index in [2.05, 4.69) is 28.1 Å². The second-order valence-electron chi connectivity index (χ2n) is 8.22. The van der Waals surface area contributed by atoms with Crippen LogP contribution in [0, 0.1) is 0 Å². The summed E-state index contributed by atoms with van der Waals surface area (Å²) in [6, 6.07) is 19.2. The number of unbranched alkanes of at least 4 members (excludes halogenated alkanes) is 3. The number of carbonyl (C=O) groups excluding carboxylic acids is 1. The van der Waals surface area contributed by atoms with Crippen LogP contribution < -0.4 is 10.1 Å². The van der Waals surface area contributed by atoms with Crippen LogP contribution in [0.25, 0.3) is 11.0 Å². The van der Waals surface area contributed by atoms with E-state index in [0.717, 1.165) is 62.2 Å². The van der Waals surface area contributed by atoms with E-state index < -0.39 is 0 Å². The SMILES string of the molecule is O=C(NCCCCCc1nc2ccccc2n1CCCCOc1ccc(Cl)cc1)c1ccco1. The number of imidazole rings is 1. The molecule has 7 heteroatoms. The number of nitrogens with one attached hydrogen (secondary N) is 1. The van der Waals surface area contributed by atoms with Crippen molar-refractivity contribution in [1.82, 2.24) is 14.9 Å². The predicted molar refractivity (Wildman–Crippen MR) is 135 cm³/mol. The minimum Gasteiger partial charge on any atom is -0.494 e. The number of fused-ring (bicyclic) bond motifs is 1. The van der Waals surface area contributed by atoms with Crippen LogP contribution in [-0.4, -0.2) is 28.6 Å². The minimum atomic E-state index is -0.160. The second kappa shape index (κ2) is 12.3. The fourth-order valence-electron chi connectivity index (χ4n) is 3.94. The van der Waals surface area contributed by atoms with Gasteiger partial charge in [-0.25, -0.2) is 4.98 Å². The number of para-hydroxylation sites is 2. The maximum Gasteiger partial charge on any atom is 0.286 e. The molecule has 2 aromatic heterocycles. The van der Waals surface area contributed by atoms with Crippen molar-refractivity contribution in [1.29, 1.82) is 0 Å². The molecule has 0 fully saturated rings. The normalized spacial score (nSPS) is 11.1. The highest BCUT2D eigenvalue weighted by Gasteiger charge is 2.11. The van der Waals surface area contributed by atoms with Crippen LogP contribution in [0.1, 0.15) is 48.5 Å². The van der Waals surface area contributed by atoms with Crippen molar-refractivity contribution in [2.75, 3.05) is 13.2 Å². The van der Waals surface area contributed by atoms with Gasteiger partial charge in [0.25, 0.3) is 5.91 Å². The molecule has 0 spiro atoms. The van der Waals surface area contributed by atoms with E-state index in [1.807, 2.05) is 30.3 Å². The highest BCUT2D eigenvalue weighted by Crippen LogP contribution is 2.19. The summed E-state index contributed by atoms with van der Waals surface area (Å²) in [6.07, 6.45) is 7.38. The summed E-state index contributed by atoms with van der Waals surface area (Å²) in [7, 11) is 0. The summed E-state index contributed by atoms with van der Waals surface area (Å²) in [4.78, 5) is 16.8.